The number of aryl methyl sites for hydroxylation is 1. The summed E-state index contributed by atoms with van der Waals surface area (Å²) in [4.78, 5) is 31.0. The van der Waals surface area contributed by atoms with E-state index in [0.29, 0.717) is 28.8 Å². The van der Waals surface area contributed by atoms with Gasteiger partial charge in [0.05, 0.1) is 17.4 Å². The lowest BCUT2D eigenvalue weighted by molar-refractivity contribution is -0.120. The highest BCUT2D eigenvalue weighted by molar-refractivity contribution is 6.45. The monoisotopic (exact) mass is 446 g/mol. The van der Waals surface area contributed by atoms with Crippen LogP contribution in [0.25, 0.3) is 5.57 Å². The van der Waals surface area contributed by atoms with E-state index >= 15 is 0 Å². The SMILES string of the molecule is CCc1ccc(N2C(=O)C(c3ccc(OC(C)C)cc3)=C(N3CC(C)CC(C)C3)C2=O)cc1. The second kappa shape index (κ2) is 9.42. The van der Waals surface area contributed by atoms with Crippen LogP contribution in [0.2, 0.25) is 0 Å². The van der Waals surface area contributed by atoms with Gasteiger partial charge in [-0.05, 0) is 73.9 Å². The van der Waals surface area contributed by atoms with E-state index in [-0.39, 0.29) is 17.9 Å². The maximum absolute atomic E-state index is 13.8. The lowest BCUT2D eigenvalue weighted by atomic mass is 9.91. The number of rotatable bonds is 6. The number of nitrogens with zero attached hydrogens (tertiary/aromatic N) is 2. The predicted octanol–water partition coefficient (Wildman–Crippen LogP) is 5.30. The molecule has 5 nitrogen and oxygen atoms in total. The number of benzene rings is 2. The highest BCUT2D eigenvalue weighted by Gasteiger charge is 2.43. The molecule has 0 radical (unpaired) electrons. The summed E-state index contributed by atoms with van der Waals surface area (Å²) < 4.78 is 5.77. The largest absolute Gasteiger partial charge is 0.491 e. The standard InChI is InChI=1S/C28H34N2O3/c1-6-21-7-11-23(12-8-21)30-27(31)25(22-9-13-24(14-10-22)33-18(2)3)26(28(30)32)29-16-19(4)15-20(5)17-29/h7-14,18-20H,6,15-17H2,1-5H3. The summed E-state index contributed by atoms with van der Waals surface area (Å²) >= 11 is 0. The van der Waals surface area contributed by atoms with Gasteiger partial charge in [0.1, 0.15) is 11.4 Å². The molecule has 0 spiro atoms. The number of anilines is 1. The highest BCUT2D eigenvalue weighted by atomic mass is 16.5. The second-order valence-corrected chi connectivity index (χ2v) is 9.73. The third-order valence-electron chi connectivity index (χ3n) is 6.36. The van der Waals surface area contributed by atoms with E-state index in [1.165, 1.54) is 10.5 Å². The van der Waals surface area contributed by atoms with Gasteiger partial charge in [-0.15, -0.1) is 0 Å². The molecular formula is C28H34N2O3. The van der Waals surface area contributed by atoms with Gasteiger partial charge in [-0.2, -0.15) is 0 Å². The molecule has 2 aromatic rings. The minimum atomic E-state index is -0.261. The van der Waals surface area contributed by atoms with Crippen LogP contribution in [0.4, 0.5) is 5.69 Å². The van der Waals surface area contributed by atoms with Gasteiger partial charge in [-0.1, -0.05) is 45.0 Å². The first-order chi connectivity index (χ1) is 15.8. The van der Waals surface area contributed by atoms with Crippen LogP contribution in [0.15, 0.2) is 54.2 Å². The fourth-order valence-electron chi connectivity index (χ4n) is 5.00. The molecule has 1 fully saturated rings. The summed E-state index contributed by atoms with van der Waals surface area (Å²) in [6.45, 7) is 12.0. The van der Waals surface area contributed by atoms with E-state index in [1.54, 1.807) is 0 Å². The fraction of sp³-hybridized carbons (Fsp3) is 0.429. The predicted molar refractivity (Wildman–Crippen MR) is 132 cm³/mol. The first-order valence-corrected chi connectivity index (χ1v) is 12.0. The van der Waals surface area contributed by atoms with Crippen molar-refractivity contribution >= 4 is 23.1 Å². The highest BCUT2D eigenvalue weighted by Crippen LogP contribution is 2.37. The molecule has 0 aromatic heterocycles. The molecule has 1 saturated heterocycles. The van der Waals surface area contributed by atoms with Gasteiger partial charge in [0, 0.05) is 13.1 Å². The Kier molecular flexibility index (Phi) is 6.59. The van der Waals surface area contributed by atoms with Crippen LogP contribution >= 0.6 is 0 Å². The minimum Gasteiger partial charge on any atom is -0.491 e. The Labute approximate surface area is 197 Å². The Hall–Kier alpha value is -3.08. The zero-order valence-corrected chi connectivity index (χ0v) is 20.3. The van der Waals surface area contributed by atoms with Gasteiger partial charge in [-0.25, -0.2) is 4.90 Å². The van der Waals surface area contributed by atoms with Crippen LogP contribution in [-0.2, 0) is 16.0 Å². The second-order valence-electron chi connectivity index (χ2n) is 9.73. The van der Waals surface area contributed by atoms with E-state index < -0.39 is 0 Å². The molecule has 0 bridgehead atoms. The molecule has 4 rings (SSSR count). The first-order valence-electron chi connectivity index (χ1n) is 12.0. The summed E-state index contributed by atoms with van der Waals surface area (Å²) in [6.07, 6.45) is 2.11. The number of imide groups is 1. The van der Waals surface area contributed by atoms with Crippen LogP contribution in [0.5, 0.6) is 5.75 Å². The van der Waals surface area contributed by atoms with Crippen molar-refractivity contribution in [2.75, 3.05) is 18.0 Å². The number of hydrogen-bond acceptors (Lipinski definition) is 4. The maximum Gasteiger partial charge on any atom is 0.282 e. The van der Waals surface area contributed by atoms with Gasteiger partial charge in [0.2, 0.25) is 0 Å². The van der Waals surface area contributed by atoms with Crippen molar-refractivity contribution in [1.29, 1.82) is 0 Å². The zero-order valence-electron chi connectivity index (χ0n) is 20.3. The molecule has 2 aliphatic rings. The van der Waals surface area contributed by atoms with Crippen molar-refractivity contribution in [2.45, 2.75) is 53.6 Å². The summed E-state index contributed by atoms with van der Waals surface area (Å²) in [7, 11) is 0. The third-order valence-corrected chi connectivity index (χ3v) is 6.36. The maximum atomic E-state index is 13.8. The quantitative estimate of drug-likeness (QED) is 0.565. The van der Waals surface area contributed by atoms with Crippen LogP contribution in [0.1, 0.15) is 52.2 Å². The average molecular weight is 447 g/mol. The van der Waals surface area contributed by atoms with E-state index in [4.69, 9.17) is 4.74 Å². The fourth-order valence-corrected chi connectivity index (χ4v) is 5.00. The molecule has 174 valence electrons. The molecular weight excluding hydrogens is 412 g/mol. The smallest absolute Gasteiger partial charge is 0.282 e. The molecule has 33 heavy (non-hydrogen) atoms. The first kappa shape index (κ1) is 23.1. The van der Waals surface area contributed by atoms with E-state index in [0.717, 1.165) is 37.2 Å². The average Bonchev–Trinajstić information content (AvgIpc) is 3.03. The molecule has 2 amide bonds. The Balaban J connectivity index is 1.77. The van der Waals surface area contributed by atoms with Crippen molar-refractivity contribution in [1.82, 2.24) is 4.90 Å². The van der Waals surface area contributed by atoms with Gasteiger partial charge in [0.15, 0.2) is 0 Å². The number of amides is 2. The van der Waals surface area contributed by atoms with Crippen molar-refractivity contribution < 1.29 is 14.3 Å². The Morgan fingerprint density at radius 1 is 0.909 bits per heavy atom. The summed E-state index contributed by atoms with van der Waals surface area (Å²) in [5.74, 6) is 1.18. The lowest BCUT2D eigenvalue weighted by Crippen LogP contribution is -2.42. The molecule has 0 N–H and O–H groups in total. The minimum absolute atomic E-state index is 0.0678. The van der Waals surface area contributed by atoms with E-state index in [2.05, 4.69) is 25.7 Å². The van der Waals surface area contributed by atoms with Gasteiger partial charge in [-0.3, -0.25) is 9.59 Å². The summed E-state index contributed by atoms with van der Waals surface area (Å²) in [6, 6.07) is 15.2. The number of ether oxygens (including phenoxy) is 1. The lowest BCUT2D eigenvalue weighted by Gasteiger charge is -2.37. The van der Waals surface area contributed by atoms with Gasteiger partial charge >= 0.3 is 0 Å². The van der Waals surface area contributed by atoms with Crippen molar-refractivity contribution in [3.63, 3.8) is 0 Å². The van der Waals surface area contributed by atoms with Gasteiger partial charge < -0.3 is 9.64 Å². The van der Waals surface area contributed by atoms with Gasteiger partial charge in [0.25, 0.3) is 11.8 Å². The topological polar surface area (TPSA) is 49.9 Å². The number of carbonyl (C=O) groups is 2. The van der Waals surface area contributed by atoms with Crippen LogP contribution in [-0.4, -0.2) is 35.9 Å². The molecule has 2 unspecified atom stereocenters. The van der Waals surface area contributed by atoms with E-state index in [1.807, 2.05) is 62.4 Å². The van der Waals surface area contributed by atoms with Crippen molar-refractivity contribution in [3.05, 3.63) is 65.4 Å². The number of piperidine rings is 1. The molecule has 2 atom stereocenters. The Morgan fingerprint density at radius 2 is 1.52 bits per heavy atom. The van der Waals surface area contributed by atoms with Crippen LogP contribution < -0.4 is 9.64 Å². The normalized spacial score (nSPS) is 21.4. The molecule has 2 heterocycles. The Morgan fingerprint density at radius 3 is 2.06 bits per heavy atom. The van der Waals surface area contributed by atoms with Crippen molar-refractivity contribution in [2.24, 2.45) is 11.8 Å². The van der Waals surface area contributed by atoms with Crippen LogP contribution in [0.3, 0.4) is 0 Å². The van der Waals surface area contributed by atoms with Crippen molar-refractivity contribution in [3.8, 4) is 5.75 Å². The zero-order chi connectivity index (χ0) is 23.7. The third kappa shape index (κ3) is 4.68. The van der Waals surface area contributed by atoms with Crippen LogP contribution in [0, 0.1) is 11.8 Å². The molecule has 2 aromatic carbocycles. The molecule has 5 heteroatoms. The number of hydrogen-bond donors (Lipinski definition) is 0. The molecule has 0 saturated carbocycles. The summed E-state index contributed by atoms with van der Waals surface area (Å²) in [5.41, 5.74) is 3.55. The number of likely N-dealkylation sites (tertiary alicyclic amines) is 1. The molecule has 2 aliphatic heterocycles. The number of carbonyl (C=O) groups excluding carboxylic acids is 2. The molecule has 0 aliphatic carbocycles. The summed E-state index contributed by atoms with van der Waals surface area (Å²) in [5, 5.41) is 0. The Bertz CT molecular complexity index is 1040. The van der Waals surface area contributed by atoms with E-state index in [9.17, 15) is 9.59 Å².